The Morgan fingerprint density at radius 2 is 2.46 bits per heavy atom. The lowest BCUT2D eigenvalue weighted by Gasteiger charge is -1.93. The molecule has 0 radical (unpaired) electrons. The molecule has 0 saturated heterocycles. The van der Waals surface area contributed by atoms with Gasteiger partial charge in [0.05, 0.1) is 5.69 Å². The van der Waals surface area contributed by atoms with Crippen LogP contribution in [0, 0.1) is 0 Å². The smallest absolute Gasteiger partial charge is 0.202 e. The van der Waals surface area contributed by atoms with Crippen molar-refractivity contribution in [1.82, 2.24) is 14.7 Å². The lowest BCUT2D eigenvalue weighted by atomic mass is 10.4. The number of imidazole rings is 1. The van der Waals surface area contributed by atoms with Crippen LogP contribution in [0.5, 0.6) is 0 Å². The van der Waals surface area contributed by atoms with Crippen molar-refractivity contribution < 1.29 is 4.52 Å². The van der Waals surface area contributed by atoms with Gasteiger partial charge >= 0.3 is 0 Å². The van der Waals surface area contributed by atoms with Crippen molar-refractivity contribution in [2.45, 2.75) is 5.75 Å². The van der Waals surface area contributed by atoms with Gasteiger partial charge in [0.1, 0.15) is 0 Å². The molecular weight excluding hydrogens is 186 g/mol. The minimum atomic E-state index is 0.577. The van der Waals surface area contributed by atoms with Crippen molar-refractivity contribution in [3.63, 3.8) is 0 Å². The molecule has 0 spiro atoms. The van der Waals surface area contributed by atoms with Crippen molar-refractivity contribution in [3.8, 4) is 11.6 Å². The molecule has 0 aliphatic heterocycles. The number of rotatable bonds is 2. The second kappa shape index (κ2) is 3.26. The molecule has 5 heteroatoms. The minimum Gasteiger partial charge on any atom is -0.353 e. The van der Waals surface area contributed by atoms with Gasteiger partial charge in [-0.2, -0.15) is 12.6 Å². The van der Waals surface area contributed by atoms with Crippen LogP contribution in [0.4, 0.5) is 0 Å². The third-order valence-electron chi connectivity index (χ3n) is 1.76. The molecule has 0 bridgehead atoms. The monoisotopic (exact) mass is 195 g/mol. The zero-order chi connectivity index (χ0) is 9.26. The normalized spacial score (nSPS) is 10.6. The molecule has 0 unspecified atom stereocenters. The summed E-state index contributed by atoms with van der Waals surface area (Å²) in [6, 6.07) is 1.84. The van der Waals surface area contributed by atoms with Crippen LogP contribution in [-0.2, 0) is 12.8 Å². The maximum absolute atomic E-state index is 5.10. The van der Waals surface area contributed by atoms with Gasteiger partial charge in [0.15, 0.2) is 5.82 Å². The highest BCUT2D eigenvalue weighted by Gasteiger charge is 2.09. The van der Waals surface area contributed by atoms with E-state index in [0.29, 0.717) is 11.5 Å². The Morgan fingerprint density at radius 1 is 1.62 bits per heavy atom. The number of hydrogen-bond donors (Lipinski definition) is 1. The van der Waals surface area contributed by atoms with Gasteiger partial charge in [-0.1, -0.05) is 5.16 Å². The molecule has 2 heterocycles. The summed E-state index contributed by atoms with van der Waals surface area (Å²) in [4.78, 5) is 4.14. The first-order valence-electron chi connectivity index (χ1n) is 3.85. The first-order chi connectivity index (χ1) is 6.31. The maximum atomic E-state index is 5.10. The van der Waals surface area contributed by atoms with E-state index in [2.05, 4.69) is 22.8 Å². The summed E-state index contributed by atoms with van der Waals surface area (Å²) in [5.74, 6) is 2.03. The molecule has 0 aliphatic carbocycles. The molecule has 0 aromatic carbocycles. The molecule has 2 aromatic heterocycles. The highest BCUT2D eigenvalue weighted by Crippen LogP contribution is 2.17. The van der Waals surface area contributed by atoms with Crippen molar-refractivity contribution in [2.24, 2.45) is 7.05 Å². The van der Waals surface area contributed by atoms with E-state index in [0.717, 1.165) is 11.5 Å². The van der Waals surface area contributed by atoms with Gasteiger partial charge in [-0.3, -0.25) is 0 Å². The Bertz CT molecular complexity index is 407. The quantitative estimate of drug-likeness (QED) is 0.738. The largest absolute Gasteiger partial charge is 0.353 e. The van der Waals surface area contributed by atoms with Crippen LogP contribution >= 0.6 is 12.6 Å². The van der Waals surface area contributed by atoms with E-state index in [-0.39, 0.29) is 0 Å². The Balaban J connectivity index is 2.41. The van der Waals surface area contributed by atoms with Gasteiger partial charge < -0.3 is 9.09 Å². The predicted octanol–water partition coefficient (Wildman–Crippen LogP) is 1.50. The third-order valence-corrected chi connectivity index (χ3v) is 2.09. The molecule has 0 fully saturated rings. The van der Waals surface area contributed by atoms with Crippen LogP contribution in [0.15, 0.2) is 23.0 Å². The SMILES string of the molecule is Cn1ccnc1-c1cc(CS)no1. The van der Waals surface area contributed by atoms with Crippen LogP contribution in [-0.4, -0.2) is 14.7 Å². The zero-order valence-corrected chi connectivity index (χ0v) is 8.03. The fourth-order valence-corrected chi connectivity index (χ4v) is 1.24. The Morgan fingerprint density at radius 3 is 3.00 bits per heavy atom. The van der Waals surface area contributed by atoms with Crippen molar-refractivity contribution in [3.05, 3.63) is 24.2 Å². The zero-order valence-electron chi connectivity index (χ0n) is 7.14. The van der Waals surface area contributed by atoms with Crippen molar-refractivity contribution in [2.75, 3.05) is 0 Å². The summed E-state index contributed by atoms with van der Waals surface area (Å²) < 4.78 is 6.98. The lowest BCUT2D eigenvalue weighted by Crippen LogP contribution is -1.88. The summed E-state index contributed by atoms with van der Waals surface area (Å²) in [6.45, 7) is 0. The fraction of sp³-hybridized carbons (Fsp3) is 0.250. The summed E-state index contributed by atoms with van der Waals surface area (Å²) in [5.41, 5.74) is 0.821. The van der Waals surface area contributed by atoms with E-state index in [9.17, 15) is 0 Å². The molecule has 13 heavy (non-hydrogen) atoms. The highest BCUT2D eigenvalue weighted by atomic mass is 32.1. The van der Waals surface area contributed by atoms with Crippen LogP contribution in [0.25, 0.3) is 11.6 Å². The number of aromatic nitrogens is 3. The molecule has 2 rings (SSSR count). The fourth-order valence-electron chi connectivity index (χ4n) is 1.09. The van der Waals surface area contributed by atoms with E-state index in [1.165, 1.54) is 0 Å². The Labute approximate surface area is 81.0 Å². The Hall–Kier alpha value is -1.23. The molecule has 4 nitrogen and oxygen atoms in total. The van der Waals surface area contributed by atoms with Crippen LogP contribution in [0.2, 0.25) is 0 Å². The van der Waals surface area contributed by atoms with Crippen molar-refractivity contribution >= 4 is 12.6 Å². The molecule has 0 saturated carbocycles. The number of nitrogens with zero attached hydrogens (tertiary/aromatic N) is 3. The standard InChI is InChI=1S/C8H9N3OS/c1-11-3-2-9-8(11)7-4-6(5-13)10-12-7/h2-4,13H,5H2,1H3. The average Bonchev–Trinajstić information content (AvgIpc) is 2.71. The van der Waals surface area contributed by atoms with E-state index < -0.39 is 0 Å². The topological polar surface area (TPSA) is 43.9 Å². The van der Waals surface area contributed by atoms with Crippen LogP contribution in [0.3, 0.4) is 0 Å². The highest BCUT2D eigenvalue weighted by molar-refractivity contribution is 7.79. The van der Waals surface area contributed by atoms with Crippen LogP contribution < -0.4 is 0 Å². The van der Waals surface area contributed by atoms with E-state index in [4.69, 9.17) is 4.52 Å². The summed E-state index contributed by atoms with van der Waals surface area (Å²) in [7, 11) is 1.91. The predicted molar refractivity (Wildman–Crippen MR) is 51.4 cm³/mol. The minimum absolute atomic E-state index is 0.577. The second-order valence-electron chi connectivity index (χ2n) is 2.70. The Kier molecular flexibility index (Phi) is 2.10. The molecule has 0 amide bonds. The molecule has 68 valence electrons. The van der Waals surface area contributed by atoms with E-state index in [1.54, 1.807) is 6.20 Å². The molecule has 0 atom stereocenters. The van der Waals surface area contributed by atoms with Gasteiger partial charge in [0.2, 0.25) is 5.76 Å². The van der Waals surface area contributed by atoms with Gasteiger partial charge in [0, 0.05) is 31.3 Å². The number of thiol groups is 1. The number of aryl methyl sites for hydroxylation is 1. The van der Waals surface area contributed by atoms with Crippen LogP contribution in [0.1, 0.15) is 5.69 Å². The van der Waals surface area contributed by atoms with E-state index >= 15 is 0 Å². The number of hydrogen-bond acceptors (Lipinski definition) is 4. The third kappa shape index (κ3) is 1.47. The average molecular weight is 195 g/mol. The summed E-state index contributed by atoms with van der Waals surface area (Å²) in [5, 5.41) is 3.83. The van der Waals surface area contributed by atoms with Gasteiger partial charge in [0.25, 0.3) is 0 Å². The maximum Gasteiger partial charge on any atom is 0.202 e. The van der Waals surface area contributed by atoms with Gasteiger partial charge in [-0.05, 0) is 0 Å². The molecular formula is C8H9N3OS. The van der Waals surface area contributed by atoms with Crippen molar-refractivity contribution in [1.29, 1.82) is 0 Å². The summed E-state index contributed by atoms with van der Waals surface area (Å²) in [6.07, 6.45) is 3.58. The van der Waals surface area contributed by atoms with Gasteiger partial charge in [-0.15, -0.1) is 0 Å². The first-order valence-corrected chi connectivity index (χ1v) is 4.48. The van der Waals surface area contributed by atoms with Gasteiger partial charge in [-0.25, -0.2) is 4.98 Å². The second-order valence-corrected chi connectivity index (χ2v) is 3.02. The molecule has 0 N–H and O–H groups in total. The molecule has 0 aliphatic rings. The lowest BCUT2D eigenvalue weighted by molar-refractivity contribution is 0.423. The van der Waals surface area contributed by atoms with E-state index in [1.807, 2.05) is 23.9 Å². The summed E-state index contributed by atoms with van der Waals surface area (Å²) >= 11 is 4.10. The first kappa shape index (κ1) is 8.37. The molecule has 2 aromatic rings.